The van der Waals surface area contributed by atoms with E-state index in [1.54, 1.807) is 0 Å². The topological polar surface area (TPSA) is 76.0 Å². The van der Waals surface area contributed by atoms with Crippen LogP contribution in [0, 0.1) is 5.92 Å². The van der Waals surface area contributed by atoms with Crippen LogP contribution in [0.3, 0.4) is 0 Å². The lowest BCUT2D eigenvalue weighted by Crippen LogP contribution is -2.34. The Bertz CT molecular complexity index is 758. The zero-order valence-corrected chi connectivity index (χ0v) is 15.5. The number of nitrogens with zero attached hydrogens (tertiary/aromatic N) is 2. The second kappa shape index (κ2) is 10.1. The van der Waals surface area contributed by atoms with Crippen molar-refractivity contribution in [3.8, 4) is 0 Å². The first-order chi connectivity index (χ1) is 12.2. The van der Waals surface area contributed by atoms with Crippen molar-refractivity contribution < 1.29 is 4.79 Å². The van der Waals surface area contributed by atoms with Crippen LogP contribution >= 0.6 is 12.4 Å². The number of piperidine rings is 1. The molecule has 1 aliphatic heterocycles. The Balaban J connectivity index is 0.00000243. The van der Waals surface area contributed by atoms with Crippen LogP contribution in [0.15, 0.2) is 47.3 Å². The predicted molar refractivity (Wildman–Crippen MR) is 104 cm³/mol. The van der Waals surface area contributed by atoms with Crippen LogP contribution in [-0.4, -0.2) is 35.3 Å². The lowest BCUT2D eigenvalue weighted by Gasteiger charge is -2.22. The van der Waals surface area contributed by atoms with Crippen LogP contribution in [0.4, 0.5) is 0 Å². The van der Waals surface area contributed by atoms with Gasteiger partial charge in [0.2, 0.25) is 0 Å². The molecule has 0 bridgehead atoms. The molecule has 7 heteroatoms. The van der Waals surface area contributed by atoms with Crippen LogP contribution < -0.4 is 16.2 Å². The first-order valence-electron chi connectivity index (χ1n) is 8.83. The van der Waals surface area contributed by atoms with E-state index >= 15 is 0 Å². The van der Waals surface area contributed by atoms with Gasteiger partial charge in [0.1, 0.15) is 5.69 Å². The van der Waals surface area contributed by atoms with E-state index in [1.807, 2.05) is 30.3 Å². The fraction of sp³-hybridized carbons (Fsp3) is 0.421. The van der Waals surface area contributed by atoms with Crippen molar-refractivity contribution in [3.63, 3.8) is 0 Å². The molecule has 6 nitrogen and oxygen atoms in total. The van der Waals surface area contributed by atoms with Gasteiger partial charge in [0.05, 0.1) is 6.54 Å². The number of aromatic nitrogens is 2. The normalized spacial score (nSPS) is 16.5. The van der Waals surface area contributed by atoms with Crippen molar-refractivity contribution in [3.05, 3.63) is 64.1 Å². The van der Waals surface area contributed by atoms with E-state index in [9.17, 15) is 9.59 Å². The standard InChI is InChI=1S/C19H24N4O2.ClH/c24-18-9-8-17(22-23(18)14-16-5-2-1-3-6-16)19(25)21-12-10-15-7-4-11-20-13-15;/h1-3,5-6,8-9,15,20H,4,7,10-14H2,(H,21,25);1H. The zero-order valence-electron chi connectivity index (χ0n) is 14.7. The summed E-state index contributed by atoms with van der Waals surface area (Å²) in [6, 6.07) is 12.5. The van der Waals surface area contributed by atoms with E-state index in [0.717, 1.165) is 25.1 Å². The summed E-state index contributed by atoms with van der Waals surface area (Å²) in [7, 11) is 0. The molecular weight excluding hydrogens is 352 g/mol. The zero-order chi connectivity index (χ0) is 17.5. The number of nitrogens with one attached hydrogen (secondary N) is 2. The summed E-state index contributed by atoms with van der Waals surface area (Å²) < 4.78 is 1.33. The van der Waals surface area contributed by atoms with E-state index in [4.69, 9.17) is 0 Å². The summed E-state index contributed by atoms with van der Waals surface area (Å²) in [6.45, 7) is 3.10. The van der Waals surface area contributed by atoms with Crippen molar-refractivity contribution in [1.29, 1.82) is 0 Å². The molecule has 26 heavy (non-hydrogen) atoms. The van der Waals surface area contributed by atoms with Crippen molar-refractivity contribution in [2.45, 2.75) is 25.8 Å². The maximum Gasteiger partial charge on any atom is 0.271 e. The molecule has 1 amide bonds. The highest BCUT2D eigenvalue weighted by molar-refractivity contribution is 5.91. The Morgan fingerprint density at radius 1 is 1.23 bits per heavy atom. The quantitative estimate of drug-likeness (QED) is 0.806. The van der Waals surface area contributed by atoms with Gasteiger partial charge in [-0.05, 0) is 49.9 Å². The molecule has 140 valence electrons. The molecule has 1 atom stereocenters. The first-order valence-corrected chi connectivity index (χ1v) is 8.83. The Kier molecular flexibility index (Phi) is 7.81. The second-order valence-electron chi connectivity index (χ2n) is 6.46. The summed E-state index contributed by atoms with van der Waals surface area (Å²) in [6.07, 6.45) is 3.37. The first kappa shape index (κ1) is 20.1. The fourth-order valence-corrected chi connectivity index (χ4v) is 3.09. The average molecular weight is 377 g/mol. The van der Waals surface area contributed by atoms with Gasteiger partial charge in [-0.1, -0.05) is 30.3 Å². The Hall–Kier alpha value is -2.18. The molecule has 1 aliphatic rings. The third-order valence-corrected chi connectivity index (χ3v) is 4.51. The Morgan fingerprint density at radius 3 is 2.77 bits per heavy atom. The van der Waals surface area contributed by atoms with Gasteiger partial charge < -0.3 is 10.6 Å². The number of amides is 1. The van der Waals surface area contributed by atoms with Gasteiger partial charge in [0.25, 0.3) is 11.5 Å². The summed E-state index contributed by atoms with van der Waals surface area (Å²) in [5, 5.41) is 10.5. The van der Waals surface area contributed by atoms with Gasteiger partial charge >= 0.3 is 0 Å². The molecule has 1 saturated heterocycles. The molecule has 2 heterocycles. The van der Waals surface area contributed by atoms with E-state index in [0.29, 0.717) is 19.0 Å². The van der Waals surface area contributed by atoms with E-state index in [1.165, 1.54) is 29.7 Å². The lowest BCUT2D eigenvalue weighted by atomic mass is 9.96. The van der Waals surface area contributed by atoms with Crippen molar-refractivity contribution in [2.24, 2.45) is 5.92 Å². The molecule has 1 aromatic heterocycles. The number of hydrogen-bond acceptors (Lipinski definition) is 4. The minimum absolute atomic E-state index is 0. The number of benzene rings is 1. The fourth-order valence-electron chi connectivity index (χ4n) is 3.09. The van der Waals surface area contributed by atoms with Gasteiger partial charge in [-0.25, -0.2) is 4.68 Å². The van der Waals surface area contributed by atoms with Gasteiger partial charge in [0, 0.05) is 12.6 Å². The molecule has 1 aromatic carbocycles. The minimum Gasteiger partial charge on any atom is -0.351 e. The van der Waals surface area contributed by atoms with E-state index in [-0.39, 0.29) is 29.6 Å². The number of carbonyl (C=O) groups is 1. The largest absolute Gasteiger partial charge is 0.351 e. The SMILES string of the molecule is Cl.O=C(NCCC1CCCNC1)c1ccc(=O)n(Cc2ccccc2)n1. The minimum atomic E-state index is -0.231. The molecule has 2 aromatic rings. The summed E-state index contributed by atoms with van der Waals surface area (Å²) >= 11 is 0. The van der Waals surface area contributed by atoms with E-state index < -0.39 is 0 Å². The highest BCUT2D eigenvalue weighted by atomic mass is 35.5. The van der Waals surface area contributed by atoms with Crippen LogP contribution in [0.1, 0.15) is 35.3 Å². The molecule has 3 rings (SSSR count). The molecule has 0 aliphatic carbocycles. The number of halogens is 1. The van der Waals surface area contributed by atoms with Gasteiger partial charge in [-0.15, -0.1) is 12.4 Å². The molecule has 0 spiro atoms. The molecule has 0 saturated carbocycles. The maximum absolute atomic E-state index is 12.3. The third kappa shape index (κ3) is 5.68. The number of carbonyl (C=O) groups excluding carboxylic acids is 1. The third-order valence-electron chi connectivity index (χ3n) is 4.51. The van der Waals surface area contributed by atoms with E-state index in [2.05, 4.69) is 15.7 Å². The molecular formula is C19H25ClN4O2. The second-order valence-corrected chi connectivity index (χ2v) is 6.46. The summed E-state index contributed by atoms with van der Waals surface area (Å²) in [5.74, 6) is 0.389. The van der Waals surface area contributed by atoms with Crippen LogP contribution in [0.2, 0.25) is 0 Å². The molecule has 0 radical (unpaired) electrons. The smallest absolute Gasteiger partial charge is 0.271 e. The van der Waals surface area contributed by atoms with Crippen molar-refractivity contribution >= 4 is 18.3 Å². The molecule has 1 fully saturated rings. The Labute approximate surface area is 159 Å². The maximum atomic E-state index is 12.3. The lowest BCUT2D eigenvalue weighted by molar-refractivity contribution is 0.0943. The summed E-state index contributed by atoms with van der Waals surface area (Å²) in [4.78, 5) is 24.3. The van der Waals surface area contributed by atoms with Crippen LogP contribution in [-0.2, 0) is 6.54 Å². The average Bonchev–Trinajstić information content (AvgIpc) is 2.65. The summed E-state index contributed by atoms with van der Waals surface area (Å²) in [5.41, 5.74) is 1.03. The molecule has 2 N–H and O–H groups in total. The van der Waals surface area contributed by atoms with Gasteiger partial charge in [0.15, 0.2) is 0 Å². The van der Waals surface area contributed by atoms with Gasteiger partial charge in [-0.2, -0.15) is 5.10 Å². The van der Waals surface area contributed by atoms with Gasteiger partial charge in [-0.3, -0.25) is 9.59 Å². The highest BCUT2D eigenvalue weighted by Gasteiger charge is 2.14. The Morgan fingerprint density at radius 2 is 2.04 bits per heavy atom. The highest BCUT2D eigenvalue weighted by Crippen LogP contribution is 2.12. The number of hydrogen-bond donors (Lipinski definition) is 2. The predicted octanol–water partition coefficient (Wildman–Crippen LogP) is 1.83. The monoisotopic (exact) mass is 376 g/mol. The van der Waals surface area contributed by atoms with Crippen LogP contribution in [0.25, 0.3) is 0 Å². The van der Waals surface area contributed by atoms with Crippen molar-refractivity contribution in [1.82, 2.24) is 20.4 Å². The van der Waals surface area contributed by atoms with Crippen molar-refractivity contribution in [2.75, 3.05) is 19.6 Å². The number of rotatable bonds is 6. The molecule has 1 unspecified atom stereocenters. The van der Waals surface area contributed by atoms with Crippen LogP contribution in [0.5, 0.6) is 0 Å².